The largest absolute Gasteiger partial charge is 0.460 e. The van der Waals surface area contributed by atoms with E-state index in [9.17, 15) is 19.4 Å². The lowest BCUT2D eigenvalue weighted by Crippen LogP contribution is -2.27. The SMILES string of the molecule is CC(C)(C)OC(=O)CC(O)C[C@H](O)/C=C/c1c(C2CC2)nc2ccccc2c1-c1ccc(F)cc1. The normalized spacial score (nSPS) is 15.9. The number of carbonyl (C=O) groups excluding carboxylic acids is 1. The molecule has 1 aliphatic rings. The first-order valence-corrected chi connectivity index (χ1v) is 12.1. The second kappa shape index (κ2) is 10.3. The summed E-state index contributed by atoms with van der Waals surface area (Å²) in [5.41, 5.74) is 3.90. The third kappa shape index (κ3) is 6.53. The molecule has 1 aliphatic carbocycles. The topological polar surface area (TPSA) is 79.7 Å². The van der Waals surface area contributed by atoms with Crippen molar-refractivity contribution in [1.82, 2.24) is 4.98 Å². The molecule has 2 atom stereocenters. The summed E-state index contributed by atoms with van der Waals surface area (Å²) in [7, 11) is 0. The maximum absolute atomic E-state index is 13.7. The smallest absolute Gasteiger partial charge is 0.308 e. The van der Waals surface area contributed by atoms with Gasteiger partial charge in [-0.2, -0.15) is 0 Å². The number of aliphatic hydroxyl groups is 2. The minimum atomic E-state index is -1.03. The molecule has 0 spiro atoms. The Labute approximate surface area is 205 Å². The van der Waals surface area contributed by atoms with Crippen molar-refractivity contribution in [1.29, 1.82) is 0 Å². The lowest BCUT2D eigenvalue weighted by molar-refractivity contribution is -0.157. The van der Waals surface area contributed by atoms with Crippen LogP contribution in [0, 0.1) is 5.82 Å². The van der Waals surface area contributed by atoms with Crippen LogP contribution < -0.4 is 0 Å². The molecule has 1 aromatic heterocycles. The van der Waals surface area contributed by atoms with Gasteiger partial charge < -0.3 is 14.9 Å². The quantitative estimate of drug-likeness (QED) is 0.402. The van der Waals surface area contributed by atoms with E-state index in [1.165, 1.54) is 12.1 Å². The number of esters is 1. The molecule has 5 nitrogen and oxygen atoms in total. The highest BCUT2D eigenvalue weighted by Gasteiger charge is 2.29. The number of aromatic nitrogens is 1. The maximum atomic E-state index is 13.7. The highest BCUT2D eigenvalue weighted by atomic mass is 19.1. The number of hydrogen-bond acceptors (Lipinski definition) is 5. The molecule has 3 aromatic rings. The Hall–Kier alpha value is -3.09. The number of hydrogen-bond donors (Lipinski definition) is 2. The predicted molar refractivity (Wildman–Crippen MR) is 135 cm³/mol. The first-order chi connectivity index (χ1) is 16.6. The van der Waals surface area contributed by atoms with Gasteiger partial charge in [-0.25, -0.2) is 4.39 Å². The van der Waals surface area contributed by atoms with Gasteiger partial charge in [-0.15, -0.1) is 0 Å². The van der Waals surface area contributed by atoms with Crippen molar-refractivity contribution in [3.8, 4) is 11.1 Å². The molecule has 184 valence electrons. The monoisotopic (exact) mass is 477 g/mol. The molecule has 1 saturated carbocycles. The summed E-state index contributed by atoms with van der Waals surface area (Å²) < 4.78 is 18.9. The van der Waals surface area contributed by atoms with Gasteiger partial charge in [0.1, 0.15) is 11.4 Å². The molecule has 35 heavy (non-hydrogen) atoms. The molecule has 1 heterocycles. The number of fused-ring (bicyclic) bond motifs is 1. The van der Waals surface area contributed by atoms with Crippen molar-refractivity contribution in [2.75, 3.05) is 0 Å². The van der Waals surface area contributed by atoms with Crippen LogP contribution in [-0.2, 0) is 9.53 Å². The fourth-order valence-electron chi connectivity index (χ4n) is 4.23. The van der Waals surface area contributed by atoms with Crippen LogP contribution >= 0.6 is 0 Å². The number of benzene rings is 2. The highest BCUT2D eigenvalue weighted by molar-refractivity contribution is 5.99. The number of aliphatic hydroxyl groups excluding tert-OH is 2. The summed E-state index contributed by atoms with van der Waals surface area (Å²) in [5.74, 6) is -0.469. The van der Waals surface area contributed by atoms with Crippen molar-refractivity contribution in [3.05, 3.63) is 71.7 Å². The zero-order valence-corrected chi connectivity index (χ0v) is 20.4. The summed E-state index contributed by atoms with van der Waals surface area (Å²) in [5, 5.41) is 21.9. The van der Waals surface area contributed by atoms with Crippen molar-refractivity contribution < 1.29 is 24.1 Å². The van der Waals surface area contributed by atoms with Crippen LogP contribution in [-0.4, -0.2) is 39.0 Å². The molecule has 6 heteroatoms. The van der Waals surface area contributed by atoms with Gasteiger partial charge in [0, 0.05) is 28.9 Å². The fourth-order valence-corrected chi connectivity index (χ4v) is 4.23. The Morgan fingerprint density at radius 2 is 1.83 bits per heavy atom. The minimum absolute atomic E-state index is 0.00139. The molecule has 2 N–H and O–H groups in total. The number of carbonyl (C=O) groups is 1. The Morgan fingerprint density at radius 1 is 1.14 bits per heavy atom. The van der Waals surface area contributed by atoms with Crippen molar-refractivity contribution in [2.24, 2.45) is 0 Å². The summed E-state index contributed by atoms with van der Waals surface area (Å²) in [4.78, 5) is 16.9. The lowest BCUT2D eigenvalue weighted by Gasteiger charge is -2.21. The van der Waals surface area contributed by atoms with E-state index in [0.717, 1.165) is 46.1 Å². The lowest BCUT2D eigenvalue weighted by atomic mass is 9.92. The Bertz CT molecular complexity index is 1230. The van der Waals surface area contributed by atoms with Gasteiger partial charge in [0.05, 0.1) is 29.8 Å². The molecular formula is C29H32FNO4. The first kappa shape index (κ1) is 25.0. The minimum Gasteiger partial charge on any atom is -0.460 e. The average Bonchev–Trinajstić information content (AvgIpc) is 3.61. The fraction of sp³-hybridized carbons (Fsp3) is 0.379. The number of para-hydroxylation sites is 1. The molecular weight excluding hydrogens is 445 g/mol. The van der Waals surface area contributed by atoms with E-state index in [1.807, 2.05) is 30.3 Å². The molecule has 2 aromatic carbocycles. The summed E-state index contributed by atoms with van der Waals surface area (Å²) in [6.07, 6.45) is 3.39. The summed E-state index contributed by atoms with van der Waals surface area (Å²) in [6.45, 7) is 5.30. The van der Waals surface area contributed by atoms with E-state index in [-0.39, 0.29) is 18.7 Å². The summed E-state index contributed by atoms with van der Waals surface area (Å²) >= 11 is 0. The molecule has 4 rings (SSSR count). The zero-order chi connectivity index (χ0) is 25.2. The van der Waals surface area contributed by atoms with Crippen LogP contribution in [0.2, 0.25) is 0 Å². The van der Waals surface area contributed by atoms with Crippen LogP contribution in [0.3, 0.4) is 0 Å². The standard InChI is InChI=1S/C29H32FNO4/c1-29(2,3)35-26(34)17-22(33)16-21(32)14-15-24-27(18-10-12-20(30)13-11-18)23-6-4-5-7-25(23)31-28(24)19-8-9-19/h4-7,10-15,19,21-22,32-33H,8-9,16-17H2,1-3H3/b15-14+/t21-,22?/m1/s1. The number of rotatable bonds is 8. The number of ether oxygens (including phenoxy) is 1. The van der Waals surface area contributed by atoms with Crippen LogP contribution in [0.25, 0.3) is 28.1 Å². The average molecular weight is 478 g/mol. The van der Waals surface area contributed by atoms with Gasteiger partial charge in [0.25, 0.3) is 0 Å². The highest BCUT2D eigenvalue weighted by Crippen LogP contribution is 2.45. The van der Waals surface area contributed by atoms with Crippen LogP contribution in [0.15, 0.2) is 54.6 Å². The Morgan fingerprint density at radius 3 is 2.49 bits per heavy atom. The first-order valence-electron chi connectivity index (χ1n) is 12.1. The maximum Gasteiger partial charge on any atom is 0.308 e. The van der Waals surface area contributed by atoms with E-state index in [0.29, 0.717) is 5.92 Å². The zero-order valence-electron chi connectivity index (χ0n) is 20.4. The van der Waals surface area contributed by atoms with Crippen molar-refractivity contribution in [2.45, 2.75) is 70.2 Å². The van der Waals surface area contributed by atoms with Crippen molar-refractivity contribution in [3.63, 3.8) is 0 Å². The van der Waals surface area contributed by atoms with Crippen LogP contribution in [0.1, 0.15) is 63.6 Å². The van der Waals surface area contributed by atoms with Gasteiger partial charge in [-0.1, -0.05) is 42.5 Å². The van der Waals surface area contributed by atoms with E-state index in [1.54, 1.807) is 39.0 Å². The van der Waals surface area contributed by atoms with Crippen LogP contribution in [0.5, 0.6) is 0 Å². The Balaban J connectivity index is 1.64. The molecule has 0 aliphatic heterocycles. The number of halogens is 1. The second-order valence-corrected chi connectivity index (χ2v) is 10.2. The molecule has 0 bridgehead atoms. The Kier molecular flexibility index (Phi) is 7.33. The molecule has 0 saturated heterocycles. The third-order valence-corrected chi connectivity index (χ3v) is 5.88. The van der Waals surface area contributed by atoms with E-state index >= 15 is 0 Å². The molecule has 1 fully saturated rings. The van der Waals surface area contributed by atoms with Gasteiger partial charge in [0.2, 0.25) is 0 Å². The summed E-state index contributed by atoms with van der Waals surface area (Å²) in [6, 6.07) is 14.3. The molecule has 0 amide bonds. The number of pyridine rings is 1. The number of nitrogens with zero attached hydrogens (tertiary/aromatic N) is 1. The molecule has 0 radical (unpaired) electrons. The van der Waals surface area contributed by atoms with Crippen LogP contribution in [0.4, 0.5) is 4.39 Å². The van der Waals surface area contributed by atoms with E-state index < -0.39 is 23.8 Å². The molecule has 1 unspecified atom stereocenters. The predicted octanol–water partition coefficient (Wildman–Crippen LogP) is 5.78. The van der Waals surface area contributed by atoms with Gasteiger partial charge in [-0.05, 0) is 57.4 Å². The van der Waals surface area contributed by atoms with E-state index in [4.69, 9.17) is 9.72 Å². The van der Waals surface area contributed by atoms with Gasteiger partial charge >= 0.3 is 5.97 Å². The second-order valence-electron chi connectivity index (χ2n) is 10.2. The van der Waals surface area contributed by atoms with Crippen molar-refractivity contribution >= 4 is 22.9 Å². The van der Waals surface area contributed by atoms with E-state index in [2.05, 4.69) is 0 Å². The third-order valence-electron chi connectivity index (χ3n) is 5.88. The van der Waals surface area contributed by atoms with Gasteiger partial charge in [-0.3, -0.25) is 9.78 Å². The van der Waals surface area contributed by atoms with Gasteiger partial charge in [0.15, 0.2) is 0 Å².